The molecule has 13 heavy (non-hydrogen) atoms. The topological polar surface area (TPSA) is 12.0 Å². The van der Waals surface area contributed by atoms with E-state index in [2.05, 4.69) is 39.1 Å². The van der Waals surface area contributed by atoms with Crippen molar-refractivity contribution in [2.24, 2.45) is 0 Å². The van der Waals surface area contributed by atoms with E-state index in [1.165, 1.54) is 25.7 Å². The minimum absolute atomic E-state index is 0.615. The van der Waals surface area contributed by atoms with Crippen LogP contribution in [0, 0.1) is 0 Å². The second-order valence-electron chi connectivity index (χ2n) is 3.86. The lowest BCUT2D eigenvalue weighted by Crippen LogP contribution is -2.23. The summed E-state index contributed by atoms with van der Waals surface area (Å²) in [6.45, 7) is 10.00. The van der Waals surface area contributed by atoms with Crippen molar-refractivity contribution in [1.82, 2.24) is 5.32 Å². The minimum Gasteiger partial charge on any atom is -0.314 e. The maximum atomic E-state index is 3.45. The van der Waals surface area contributed by atoms with Crippen LogP contribution in [-0.2, 0) is 0 Å². The molecule has 1 heteroatoms. The molecule has 0 atom stereocenters. The quantitative estimate of drug-likeness (QED) is 0.596. The van der Waals surface area contributed by atoms with Crippen molar-refractivity contribution in [3.05, 3.63) is 11.6 Å². The van der Waals surface area contributed by atoms with Gasteiger partial charge in [-0.05, 0) is 25.8 Å². The molecule has 0 aliphatic carbocycles. The summed E-state index contributed by atoms with van der Waals surface area (Å²) < 4.78 is 0. The third-order valence-electron chi connectivity index (χ3n) is 2.17. The molecule has 0 aromatic rings. The SMILES string of the molecule is CCC/C=C(/CC)CCNC(C)C. The summed E-state index contributed by atoms with van der Waals surface area (Å²) in [5, 5.41) is 3.45. The second-order valence-corrected chi connectivity index (χ2v) is 3.86. The highest BCUT2D eigenvalue weighted by Gasteiger charge is 1.95. The minimum atomic E-state index is 0.615. The molecule has 0 aromatic carbocycles. The molecule has 1 N–H and O–H groups in total. The fourth-order valence-electron chi connectivity index (χ4n) is 1.29. The Morgan fingerprint density at radius 3 is 2.46 bits per heavy atom. The van der Waals surface area contributed by atoms with Gasteiger partial charge in [0.15, 0.2) is 0 Å². The van der Waals surface area contributed by atoms with Crippen molar-refractivity contribution in [2.45, 2.75) is 59.4 Å². The van der Waals surface area contributed by atoms with Gasteiger partial charge < -0.3 is 5.32 Å². The first kappa shape index (κ1) is 12.7. The van der Waals surface area contributed by atoms with Crippen LogP contribution >= 0.6 is 0 Å². The van der Waals surface area contributed by atoms with E-state index in [-0.39, 0.29) is 0 Å². The normalized spacial score (nSPS) is 12.5. The Kier molecular flexibility index (Phi) is 8.11. The van der Waals surface area contributed by atoms with E-state index >= 15 is 0 Å². The van der Waals surface area contributed by atoms with Crippen LogP contribution in [0.4, 0.5) is 0 Å². The van der Waals surface area contributed by atoms with Gasteiger partial charge >= 0.3 is 0 Å². The number of allylic oxidation sites excluding steroid dienone is 1. The molecule has 0 saturated carbocycles. The highest BCUT2D eigenvalue weighted by atomic mass is 14.9. The summed E-state index contributed by atoms with van der Waals surface area (Å²) in [6, 6.07) is 0.615. The molecule has 1 nitrogen and oxygen atoms in total. The molecule has 0 saturated heterocycles. The van der Waals surface area contributed by atoms with Crippen molar-refractivity contribution in [1.29, 1.82) is 0 Å². The lowest BCUT2D eigenvalue weighted by atomic mass is 10.1. The Morgan fingerprint density at radius 2 is 2.00 bits per heavy atom. The predicted octanol–water partition coefficient (Wildman–Crippen LogP) is 3.51. The third kappa shape index (κ3) is 8.04. The summed E-state index contributed by atoms with van der Waals surface area (Å²) in [4.78, 5) is 0. The number of unbranched alkanes of at least 4 members (excludes halogenated alkanes) is 1. The molecule has 0 aliphatic heterocycles. The molecular weight excluding hydrogens is 158 g/mol. The first-order valence-electron chi connectivity index (χ1n) is 5.62. The second kappa shape index (κ2) is 8.31. The number of hydrogen-bond donors (Lipinski definition) is 1. The Morgan fingerprint density at radius 1 is 1.31 bits per heavy atom. The molecule has 0 unspecified atom stereocenters. The van der Waals surface area contributed by atoms with Gasteiger partial charge in [-0.25, -0.2) is 0 Å². The molecule has 0 amide bonds. The standard InChI is InChI=1S/C12H25N/c1-5-7-8-12(6-2)9-10-13-11(3)4/h8,11,13H,5-7,9-10H2,1-4H3/b12-8-. The average Bonchev–Trinajstić information content (AvgIpc) is 2.10. The zero-order chi connectivity index (χ0) is 10.1. The van der Waals surface area contributed by atoms with Crippen LogP contribution in [0.1, 0.15) is 53.4 Å². The van der Waals surface area contributed by atoms with Crippen molar-refractivity contribution in [3.63, 3.8) is 0 Å². The van der Waals surface area contributed by atoms with Gasteiger partial charge in [0.05, 0.1) is 0 Å². The summed E-state index contributed by atoms with van der Waals surface area (Å²) in [6.07, 6.45) is 7.34. The van der Waals surface area contributed by atoms with E-state index in [1.807, 2.05) is 0 Å². The molecule has 0 radical (unpaired) electrons. The molecule has 0 heterocycles. The van der Waals surface area contributed by atoms with Crippen molar-refractivity contribution in [2.75, 3.05) is 6.54 Å². The van der Waals surface area contributed by atoms with Gasteiger partial charge in [0.2, 0.25) is 0 Å². The number of rotatable bonds is 7. The third-order valence-corrected chi connectivity index (χ3v) is 2.17. The number of nitrogens with one attached hydrogen (secondary N) is 1. The fourth-order valence-corrected chi connectivity index (χ4v) is 1.29. The van der Waals surface area contributed by atoms with Gasteiger partial charge in [-0.1, -0.05) is 45.8 Å². The van der Waals surface area contributed by atoms with Gasteiger partial charge in [0.1, 0.15) is 0 Å². The zero-order valence-electron chi connectivity index (χ0n) is 9.69. The average molecular weight is 183 g/mol. The van der Waals surface area contributed by atoms with Crippen molar-refractivity contribution < 1.29 is 0 Å². The van der Waals surface area contributed by atoms with Crippen LogP contribution in [0.5, 0.6) is 0 Å². The summed E-state index contributed by atoms with van der Waals surface area (Å²) in [5.41, 5.74) is 1.61. The van der Waals surface area contributed by atoms with Crippen LogP contribution < -0.4 is 5.32 Å². The molecule has 0 aliphatic rings. The van der Waals surface area contributed by atoms with E-state index in [0.29, 0.717) is 6.04 Å². The summed E-state index contributed by atoms with van der Waals surface area (Å²) in [7, 11) is 0. The summed E-state index contributed by atoms with van der Waals surface area (Å²) >= 11 is 0. The van der Waals surface area contributed by atoms with Gasteiger partial charge in [-0.15, -0.1) is 0 Å². The van der Waals surface area contributed by atoms with Crippen LogP contribution in [0.25, 0.3) is 0 Å². The molecule has 0 rings (SSSR count). The van der Waals surface area contributed by atoms with E-state index in [1.54, 1.807) is 5.57 Å². The van der Waals surface area contributed by atoms with Gasteiger partial charge in [0.25, 0.3) is 0 Å². The Bertz CT molecular complexity index is 136. The molecule has 0 fully saturated rings. The van der Waals surface area contributed by atoms with Crippen LogP contribution in [-0.4, -0.2) is 12.6 Å². The monoisotopic (exact) mass is 183 g/mol. The van der Waals surface area contributed by atoms with Crippen molar-refractivity contribution in [3.8, 4) is 0 Å². The fraction of sp³-hybridized carbons (Fsp3) is 0.833. The maximum absolute atomic E-state index is 3.45. The summed E-state index contributed by atoms with van der Waals surface area (Å²) in [5.74, 6) is 0. The Labute approximate surface area is 83.6 Å². The van der Waals surface area contributed by atoms with E-state index in [9.17, 15) is 0 Å². The predicted molar refractivity (Wildman–Crippen MR) is 61.0 cm³/mol. The van der Waals surface area contributed by atoms with Crippen molar-refractivity contribution >= 4 is 0 Å². The van der Waals surface area contributed by atoms with Gasteiger partial charge in [0, 0.05) is 6.04 Å². The van der Waals surface area contributed by atoms with E-state index < -0.39 is 0 Å². The van der Waals surface area contributed by atoms with Gasteiger partial charge in [-0.3, -0.25) is 0 Å². The highest BCUT2D eigenvalue weighted by molar-refractivity contribution is 5.01. The van der Waals surface area contributed by atoms with Gasteiger partial charge in [-0.2, -0.15) is 0 Å². The highest BCUT2D eigenvalue weighted by Crippen LogP contribution is 2.07. The molecule has 0 bridgehead atoms. The Hall–Kier alpha value is -0.300. The van der Waals surface area contributed by atoms with Crippen LogP contribution in [0.2, 0.25) is 0 Å². The first-order valence-corrected chi connectivity index (χ1v) is 5.62. The Balaban J connectivity index is 3.59. The number of hydrogen-bond acceptors (Lipinski definition) is 1. The van der Waals surface area contributed by atoms with Crippen LogP contribution in [0.3, 0.4) is 0 Å². The lowest BCUT2D eigenvalue weighted by molar-refractivity contribution is 0.585. The zero-order valence-corrected chi connectivity index (χ0v) is 9.69. The maximum Gasteiger partial charge on any atom is 0.00105 e. The molecular formula is C12H25N. The molecule has 78 valence electrons. The largest absolute Gasteiger partial charge is 0.314 e. The van der Waals surface area contributed by atoms with E-state index in [4.69, 9.17) is 0 Å². The lowest BCUT2D eigenvalue weighted by Gasteiger charge is -2.09. The molecule has 0 spiro atoms. The molecule has 0 aromatic heterocycles. The van der Waals surface area contributed by atoms with Crippen LogP contribution in [0.15, 0.2) is 11.6 Å². The first-order chi connectivity index (χ1) is 6.20. The van der Waals surface area contributed by atoms with E-state index in [0.717, 1.165) is 6.54 Å². The smallest absolute Gasteiger partial charge is 0.00105 e.